The van der Waals surface area contributed by atoms with Gasteiger partial charge in [0, 0.05) is 0 Å². The van der Waals surface area contributed by atoms with E-state index < -0.39 is 0 Å². The molecule has 2 rings (SSSR count). The summed E-state index contributed by atoms with van der Waals surface area (Å²) in [6.07, 6.45) is 0.875. The van der Waals surface area contributed by atoms with Crippen molar-refractivity contribution in [2.75, 3.05) is 26.9 Å². The first kappa shape index (κ1) is 11.7. The smallest absolute Gasteiger partial charge is 0.284 e. The zero-order valence-corrected chi connectivity index (χ0v) is 9.72. The molecule has 0 N–H and O–H groups in total. The van der Waals surface area contributed by atoms with Gasteiger partial charge in [0.1, 0.15) is 0 Å². The van der Waals surface area contributed by atoms with Crippen molar-refractivity contribution in [3.8, 4) is 11.5 Å². The largest absolute Gasteiger partial charge is 0.493 e. The Hall–Kier alpha value is -1.75. The highest BCUT2D eigenvalue weighted by Gasteiger charge is 2.19. The average molecular weight is 237 g/mol. The van der Waals surface area contributed by atoms with E-state index in [9.17, 15) is 4.79 Å². The SMILES string of the molecule is COc1ccccc1OCC(=O)N1CCCO1. The summed E-state index contributed by atoms with van der Waals surface area (Å²) < 4.78 is 10.5. The van der Waals surface area contributed by atoms with Gasteiger partial charge in [-0.2, -0.15) is 0 Å². The van der Waals surface area contributed by atoms with Crippen molar-refractivity contribution in [1.29, 1.82) is 0 Å². The highest BCUT2D eigenvalue weighted by atomic mass is 16.7. The molecule has 5 nitrogen and oxygen atoms in total. The molecule has 0 unspecified atom stereocenters. The van der Waals surface area contributed by atoms with Crippen molar-refractivity contribution in [2.45, 2.75) is 6.42 Å². The molecule has 92 valence electrons. The molecular formula is C12H15NO4. The molecule has 0 saturated carbocycles. The van der Waals surface area contributed by atoms with Gasteiger partial charge >= 0.3 is 0 Å². The van der Waals surface area contributed by atoms with Gasteiger partial charge in [0.2, 0.25) is 0 Å². The first-order valence-corrected chi connectivity index (χ1v) is 5.50. The van der Waals surface area contributed by atoms with Crippen molar-refractivity contribution >= 4 is 5.91 Å². The molecule has 1 aromatic carbocycles. The van der Waals surface area contributed by atoms with E-state index in [-0.39, 0.29) is 12.5 Å². The van der Waals surface area contributed by atoms with Crippen LogP contribution in [0, 0.1) is 0 Å². The van der Waals surface area contributed by atoms with Gasteiger partial charge in [0.15, 0.2) is 18.1 Å². The van der Waals surface area contributed by atoms with Crippen molar-refractivity contribution in [1.82, 2.24) is 5.06 Å². The zero-order chi connectivity index (χ0) is 12.1. The maximum Gasteiger partial charge on any atom is 0.284 e. The van der Waals surface area contributed by atoms with Gasteiger partial charge < -0.3 is 9.47 Å². The fraction of sp³-hybridized carbons (Fsp3) is 0.417. The van der Waals surface area contributed by atoms with E-state index in [0.717, 1.165) is 6.42 Å². The zero-order valence-electron chi connectivity index (χ0n) is 9.72. The van der Waals surface area contributed by atoms with Crippen LogP contribution in [0.25, 0.3) is 0 Å². The summed E-state index contributed by atoms with van der Waals surface area (Å²) in [6, 6.07) is 7.22. The maximum atomic E-state index is 11.7. The van der Waals surface area contributed by atoms with Gasteiger partial charge in [-0.05, 0) is 18.6 Å². The molecule has 0 aromatic heterocycles. The molecule has 1 aliphatic rings. The van der Waals surface area contributed by atoms with Crippen LogP contribution in [0.4, 0.5) is 0 Å². The molecule has 1 saturated heterocycles. The van der Waals surface area contributed by atoms with Crippen molar-refractivity contribution in [2.24, 2.45) is 0 Å². The van der Waals surface area contributed by atoms with Crippen LogP contribution in [0.3, 0.4) is 0 Å². The average Bonchev–Trinajstić information content (AvgIpc) is 2.90. The summed E-state index contributed by atoms with van der Waals surface area (Å²) >= 11 is 0. The van der Waals surface area contributed by atoms with Gasteiger partial charge in [-0.1, -0.05) is 12.1 Å². The Balaban J connectivity index is 1.90. The number of hydroxylamine groups is 2. The van der Waals surface area contributed by atoms with Gasteiger partial charge in [0.05, 0.1) is 20.3 Å². The molecule has 5 heteroatoms. The lowest BCUT2D eigenvalue weighted by Gasteiger charge is -2.15. The molecule has 0 aliphatic carbocycles. The van der Waals surface area contributed by atoms with Crippen LogP contribution in [0.1, 0.15) is 6.42 Å². The Kier molecular flexibility index (Phi) is 3.82. The highest BCUT2D eigenvalue weighted by Crippen LogP contribution is 2.25. The summed E-state index contributed by atoms with van der Waals surface area (Å²) in [7, 11) is 1.56. The number of hydrogen-bond donors (Lipinski definition) is 0. The monoisotopic (exact) mass is 237 g/mol. The molecule has 1 heterocycles. The topological polar surface area (TPSA) is 48.0 Å². The second kappa shape index (κ2) is 5.54. The molecule has 17 heavy (non-hydrogen) atoms. The Morgan fingerprint density at radius 3 is 2.82 bits per heavy atom. The minimum atomic E-state index is -0.173. The molecule has 0 radical (unpaired) electrons. The molecule has 1 aromatic rings. The van der Waals surface area contributed by atoms with E-state index in [1.54, 1.807) is 19.2 Å². The van der Waals surface area contributed by atoms with E-state index in [4.69, 9.17) is 14.3 Å². The lowest BCUT2D eigenvalue weighted by Crippen LogP contribution is -2.31. The standard InChI is InChI=1S/C12H15NO4/c1-15-10-5-2-3-6-11(10)16-9-12(14)13-7-4-8-17-13/h2-3,5-6H,4,7-9H2,1H3. The Morgan fingerprint density at radius 2 is 2.18 bits per heavy atom. The number of hydrogen-bond acceptors (Lipinski definition) is 4. The number of rotatable bonds is 4. The molecule has 0 atom stereocenters. The molecule has 1 amide bonds. The Bertz CT molecular complexity index is 388. The number of methoxy groups -OCH3 is 1. The fourth-order valence-corrected chi connectivity index (χ4v) is 1.59. The fourth-order valence-electron chi connectivity index (χ4n) is 1.59. The van der Waals surface area contributed by atoms with Crippen LogP contribution in [0.15, 0.2) is 24.3 Å². The van der Waals surface area contributed by atoms with Crippen molar-refractivity contribution in [3.63, 3.8) is 0 Å². The summed E-state index contributed by atoms with van der Waals surface area (Å²) in [5.41, 5.74) is 0. The first-order chi connectivity index (χ1) is 8.31. The number of carbonyl (C=O) groups excluding carboxylic acids is 1. The third kappa shape index (κ3) is 2.88. The van der Waals surface area contributed by atoms with Gasteiger partial charge in [-0.15, -0.1) is 0 Å². The lowest BCUT2D eigenvalue weighted by atomic mass is 10.3. The minimum Gasteiger partial charge on any atom is -0.493 e. The summed E-state index contributed by atoms with van der Waals surface area (Å²) in [5.74, 6) is 0.999. The number of amides is 1. The normalized spacial score (nSPS) is 14.8. The molecule has 1 aliphatic heterocycles. The second-order valence-corrected chi connectivity index (χ2v) is 3.62. The van der Waals surface area contributed by atoms with Crippen LogP contribution in [0.5, 0.6) is 11.5 Å². The molecule has 0 spiro atoms. The van der Waals surface area contributed by atoms with Gasteiger partial charge in [-0.3, -0.25) is 9.63 Å². The number of para-hydroxylation sites is 2. The summed E-state index contributed by atoms with van der Waals surface area (Å²) in [4.78, 5) is 16.8. The summed E-state index contributed by atoms with van der Waals surface area (Å²) in [6.45, 7) is 1.19. The van der Waals surface area contributed by atoms with Crippen LogP contribution < -0.4 is 9.47 Å². The van der Waals surface area contributed by atoms with E-state index in [0.29, 0.717) is 24.7 Å². The molecule has 0 bridgehead atoms. The van der Waals surface area contributed by atoms with Gasteiger partial charge in [-0.25, -0.2) is 5.06 Å². The quantitative estimate of drug-likeness (QED) is 0.790. The first-order valence-electron chi connectivity index (χ1n) is 5.50. The number of nitrogens with zero attached hydrogens (tertiary/aromatic N) is 1. The van der Waals surface area contributed by atoms with E-state index in [1.807, 2.05) is 12.1 Å². The van der Waals surface area contributed by atoms with Crippen LogP contribution >= 0.6 is 0 Å². The van der Waals surface area contributed by atoms with E-state index in [2.05, 4.69) is 0 Å². The van der Waals surface area contributed by atoms with Crippen molar-refractivity contribution < 1.29 is 19.1 Å². The van der Waals surface area contributed by atoms with Crippen LogP contribution in [-0.2, 0) is 9.63 Å². The predicted molar refractivity (Wildman–Crippen MR) is 60.8 cm³/mol. The third-order valence-corrected chi connectivity index (χ3v) is 2.45. The minimum absolute atomic E-state index is 0.0413. The Labute approximate surface area is 99.8 Å². The van der Waals surface area contributed by atoms with Crippen LogP contribution in [-0.4, -0.2) is 37.8 Å². The van der Waals surface area contributed by atoms with E-state index in [1.165, 1.54) is 5.06 Å². The highest BCUT2D eigenvalue weighted by molar-refractivity contribution is 5.76. The maximum absolute atomic E-state index is 11.7. The third-order valence-electron chi connectivity index (χ3n) is 2.45. The number of carbonyl (C=O) groups is 1. The van der Waals surface area contributed by atoms with Gasteiger partial charge in [0.25, 0.3) is 5.91 Å². The lowest BCUT2D eigenvalue weighted by molar-refractivity contribution is -0.170. The van der Waals surface area contributed by atoms with E-state index >= 15 is 0 Å². The number of benzene rings is 1. The van der Waals surface area contributed by atoms with Crippen LogP contribution in [0.2, 0.25) is 0 Å². The second-order valence-electron chi connectivity index (χ2n) is 3.62. The Morgan fingerprint density at radius 1 is 1.41 bits per heavy atom. The van der Waals surface area contributed by atoms with Crippen molar-refractivity contribution in [3.05, 3.63) is 24.3 Å². The predicted octanol–water partition coefficient (Wildman–Crippen LogP) is 1.24. The molecule has 1 fully saturated rings. The molecular weight excluding hydrogens is 222 g/mol. The summed E-state index contributed by atoms with van der Waals surface area (Å²) in [5, 5.41) is 1.34. The number of ether oxygens (including phenoxy) is 2.